The normalized spacial score (nSPS) is 19.7. The first kappa shape index (κ1) is 22.7. The van der Waals surface area contributed by atoms with Crippen LogP contribution >= 0.6 is 0 Å². The van der Waals surface area contributed by atoms with E-state index in [1.54, 1.807) is 12.1 Å². The molecule has 2 aliphatic rings. The number of benzene rings is 1. The van der Waals surface area contributed by atoms with Crippen LogP contribution in [0.2, 0.25) is 0 Å². The second-order valence-electron chi connectivity index (χ2n) is 8.83. The zero-order valence-corrected chi connectivity index (χ0v) is 18.3. The first-order valence-corrected chi connectivity index (χ1v) is 11.2. The molecule has 2 saturated heterocycles. The van der Waals surface area contributed by atoms with E-state index in [0.29, 0.717) is 13.1 Å². The Labute approximate surface area is 179 Å². The van der Waals surface area contributed by atoms with Gasteiger partial charge in [-0.2, -0.15) is 0 Å². The van der Waals surface area contributed by atoms with E-state index in [1.165, 1.54) is 18.6 Å². The average molecular weight is 419 g/mol. The molecule has 2 amide bonds. The first-order chi connectivity index (χ1) is 14.4. The summed E-state index contributed by atoms with van der Waals surface area (Å²) in [5.41, 5.74) is 0.917. The van der Waals surface area contributed by atoms with Gasteiger partial charge in [-0.05, 0) is 42.9 Å². The van der Waals surface area contributed by atoms with E-state index in [4.69, 9.17) is 0 Å². The lowest BCUT2D eigenvalue weighted by atomic mass is 9.96. The van der Waals surface area contributed by atoms with Crippen LogP contribution in [0.4, 0.5) is 4.39 Å². The third-order valence-electron chi connectivity index (χ3n) is 6.11. The van der Waals surface area contributed by atoms with Gasteiger partial charge in [0.1, 0.15) is 5.82 Å². The molecule has 2 fully saturated rings. The molecule has 0 saturated carbocycles. The van der Waals surface area contributed by atoms with Crippen LogP contribution in [0.3, 0.4) is 0 Å². The van der Waals surface area contributed by atoms with Gasteiger partial charge in [0.15, 0.2) is 0 Å². The Morgan fingerprint density at radius 3 is 2.03 bits per heavy atom. The third-order valence-corrected chi connectivity index (χ3v) is 6.11. The molecule has 3 rings (SSSR count). The number of likely N-dealkylation sites (tertiary alicyclic amines) is 1. The highest BCUT2D eigenvalue weighted by molar-refractivity contribution is 5.79. The maximum atomic E-state index is 13.2. The summed E-state index contributed by atoms with van der Waals surface area (Å²) in [5.74, 6) is 0.150. The molecule has 0 radical (unpaired) electrons. The molecule has 1 unspecified atom stereocenters. The SMILES string of the molecule is CC(C)C(NC(=O)CN1CCN(CC(=O)N2CCCCC2)CC1)c1ccc(F)cc1. The number of piperidine rings is 1. The van der Waals surface area contributed by atoms with Crippen LogP contribution in [-0.2, 0) is 9.59 Å². The molecule has 1 aromatic carbocycles. The van der Waals surface area contributed by atoms with Crippen LogP contribution in [0.25, 0.3) is 0 Å². The largest absolute Gasteiger partial charge is 0.348 e. The zero-order valence-electron chi connectivity index (χ0n) is 18.3. The highest BCUT2D eigenvalue weighted by Crippen LogP contribution is 2.22. The van der Waals surface area contributed by atoms with E-state index in [2.05, 4.69) is 15.1 Å². The van der Waals surface area contributed by atoms with Crippen molar-refractivity contribution in [2.75, 3.05) is 52.4 Å². The van der Waals surface area contributed by atoms with E-state index >= 15 is 0 Å². The van der Waals surface area contributed by atoms with Crippen LogP contribution in [-0.4, -0.2) is 78.9 Å². The number of hydrogen-bond acceptors (Lipinski definition) is 4. The number of nitrogens with zero attached hydrogens (tertiary/aromatic N) is 3. The summed E-state index contributed by atoms with van der Waals surface area (Å²) in [4.78, 5) is 31.4. The molecule has 6 nitrogen and oxygen atoms in total. The fraction of sp³-hybridized carbons (Fsp3) is 0.652. The fourth-order valence-electron chi connectivity index (χ4n) is 4.27. The standard InChI is InChI=1S/C23H35FN4O2/c1-18(2)23(19-6-8-20(24)9-7-19)25-21(29)16-26-12-14-27(15-13-26)17-22(30)28-10-4-3-5-11-28/h6-9,18,23H,3-5,10-17H2,1-2H3,(H,25,29). The molecule has 0 aliphatic carbocycles. The molecule has 7 heteroatoms. The van der Waals surface area contributed by atoms with Gasteiger partial charge in [-0.3, -0.25) is 19.4 Å². The van der Waals surface area contributed by atoms with Gasteiger partial charge in [-0.25, -0.2) is 4.39 Å². The van der Waals surface area contributed by atoms with Crippen molar-refractivity contribution in [2.24, 2.45) is 5.92 Å². The molecule has 1 aromatic rings. The number of halogens is 1. The Kier molecular flexibility index (Phi) is 8.22. The quantitative estimate of drug-likeness (QED) is 0.738. The van der Waals surface area contributed by atoms with Gasteiger partial charge in [-0.1, -0.05) is 26.0 Å². The molecule has 0 aromatic heterocycles. The van der Waals surface area contributed by atoms with Crippen molar-refractivity contribution in [3.8, 4) is 0 Å². The number of nitrogens with one attached hydrogen (secondary N) is 1. The number of carbonyl (C=O) groups is 2. The van der Waals surface area contributed by atoms with Crippen molar-refractivity contribution in [1.29, 1.82) is 0 Å². The Morgan fingerprint density at radius 2 is 1.47 bits per heavy atom. The van der Waals surface area contributed by atoms with Gasteiger partial charge in [0.2, 0.25) is 11.8 Å². The Morgan fingerprint density at radius 1 is 0.900 bits per heavy atom. The lowest BCUT2D eigenvalue weighted by molar-refractivity contribution is -0.134. The zero-order chi connectivity index (χ0) is 21.5. The molecule has 2 aliphatic heterocycles. The van der Waals surface area contributed by atoms with Crippen molar-refractivity contribution in [3.63, 3.8) is 0 Å². The van der Waals surface area contributed by atoms with Gasteiger partial charge in [0.05, 0.1) is 19.1 Å². The lowest BCUT2D eigenvalue weighted by Crippen LogP contribution is -2.52. The molecule has 0 spiro atoms. The number of hydrogen-bond donors (Lipinski definition) is 1. The van der Waals surface area contributed by atoms with Crippen molar-refractivity contribution >= 4 is 11.8 Å². The van der Waals surface area contributed by atoms with E-state index in [0.717, 1.165) is 57.7 Å². The van der Waals surface area contributed by atoms with Crippen molar-refractivity contribution in [3.05, 3.63) is 35.6 Å². The van der Waals surface area contributed by atoms with E-state index in [-0.39, 0.29) is 29.6 Å². The monoisotopic (exact) mass is 418 g/mol. The van der Waals surface area contributed by atoms with Crippen LogP contribution in [0.1, 0.15) is 44.7 Å². The summed E-state index contributed by atoms with van der Waals surface area (Å²) in [6.07, 6.45) is 3.46. The molecular weight excluding hydrogens is 383 g/mol. The molecule has 0 bridgehead atoms. The number of amides is 2. The third kappa shape index (κ3) is 6.51. The fourth-order valence-corrected chi connectivity index (χ4v) is 4.27. The van der Waals surface area contributed by atoms with E-state index < -0.39 is 0 Å². The smallest absolute Gasteiger partial charge is 0.236 e. The van der Waals surface area contributed by atoms with Crippen LogP contribution in [0, 0.1) is 11.7 Å². The van der Waals surface area contributed by atoms with Crippen LogP contribution in [0.15, 0.2) is 24.3 Å². The van der Waals surface area contributed by atoms with Crippen molar-refractivity contribution in [2.45, 2.75) is 39.2 Å². The van der Waals surface area contributed by atoms with Crippen molar-refractivity contribution in [1.82, 2.24) is 20.0 Å². The predicted molar refractivity (Wildman–Crippen MR) is 115 cm³/mol. The molecule has 30 heavy (non-hydrogen) atoms. The summed E-state index contributed by atoms with van der Waals surface area (Å²) < 4.78 is 13.2. The second-order valence-corrected chi connectivity index (χ2v) is 8.83. The highest BCUT2D eigenvalue weighted by atomic mass is 19.1. The molecule has 1 N–H and O–H groups in total. The second kappa shape index (κ2) is 10.9. The van der Waals surface area contributed by atoms with Gasteiger partial charge in [0.25, 0.3) is 0 Å². The number of piperazine rings is 1. The molecule has 1 atom stereocenters. The average Bonchev–Trinajstić information content (AvgIpc) is 2.74. The highest BCUT2D eigenvalue weighted by Gasteiger charge is 2.25. The summed E-state index contributed by atoms with van der Waals surface area (Å²) in [5, 5.41) is 3.11. The maximum absolute atomic E-state index is 13.2. The van der Waals surface area contributed by atoms with Gasteiger partial charge in [0, 0.05) is 39.3 Å². The van der Waals surface area contributed by atoms with E-state index in [9.17, 15) is 14.0 Å². The summed E-state index contributed by atoms with van der Waals surface area (Å²) in [6.45, 7) is 9.88. The van der Waals surface area contributed by atoms with Crippen LogP contribution in [0.5, 0.6) is 0 Å². The minimum atomic E-state index is -0.274. The minimum absolute atomic E-state index is 0.0177. The number of carbonyl (C=O) groups excluding carboxylic acids is 2. The van der Waals surface area contributed by atoms with Gasteiger partial charge in [-0.15, -0.1) is 0 Å². The van der Waals surface area contributed by atoms with E-state index in [1.807, 2.05) is 18.7 Å². The Hall–Kier alpha value is -1.99. The number of rotatable bonds is 7. The predicted octanol–water partition coefficient (Wildman–Crippen LogP) is 2.27. The Balaban J connectivity index is 1.42. The maximum Gasteiger partial charge on any atom is 0.236 e. The molecular formula is C23H35FN4O2. The topological polar surface area (TPSA) is 55.9 Å². The molecule has 166 valence electrons. The first-order valence-electron chi connectivity index (χ1n) is 11.2. The summed E-state index contributed by atoms with van der Waals surface area (Å²) >= 11 is 0. The Bertz CT molecular complexity index is 696. The molecule has 2 heterocycles. The lowest BCUT2D eigenvalue weighted by Gasteiger charge is -2.36. The minimum Gasteiger partial charge on any atom is -0.348 e. The summed E-state index contributed by atoms with van der Waals surface area (Å²) in [7, 11) is 0. The van der Waals surface area contributed by atoms with Gasteiger partial charge < -0.3 is 10.2 Å². The van der Waals surface area contributed by atoms with Crippen LogP contribution < -0.4 is 5.32 Å². The summed E-state index contributed by atoms with van der Waals surface area (Å²) in [6, 6.07) is 6.20. The van der Waals surface area contributed by atoms with Crippen molar-refractivity contribution < 1.29 is 14.0 Å². The van der Waals surface area contributed by atoms with Gasteiger partial charge >= 0.3 is 0 Å².